The molecule has 7 heteroatoms. The predicted molar refractivity (Wildman–Crippen MR) is 78.1 cm³/mol. The number of rotatable bonds is 11. The average molecular weight is 306 g/mol. The maximum Gasteiger partial charge on any atom is 0.243 e. The Morgan fingerprint density at radius 2 is 1.80 bits per heavy atom. The van der Waals surface area contributed by atoms with Crippen molar-refractivity contribution in [2.24, 2.45) is 0 Å². The van der Waals surface area contributed by atoms with Crippen molar-refractivity contribution >= 4 is 16.0 Å². The third-order valence-corrected chi connectivity index (χ3v) is 3.87. The molecular weight excluding hydrogens is 280 g/mol. The maximum atomic E-state index is 10.9. The first-order chi connectivity index (χ1) is 9.16. The highest BCUT2D eigenvalue weighted by Gasteiger charge is 2.14. The first kappa shape index (κ1) is 19.1. The van der Waals surface area contributed by atoms with Gasteiger partial charge in [0.15, 0.2) is 0 Å². The van der Waals surface area contributed by atoms with Crippen LogP contribution in [0.2, 0.25) is 0 Å². The van der Waals surface area contributed by atoms with Gasteiger partial charge in [0.2, 0.25) is 5.91 Å². The molecule has 20 heavy (non-hydrogen) atoms. The van der Waals surface area contributed by atoms with Gasteiger partial charge in [-0.3, -0.25) is 4.79 Å². The molecule has 0 aromatic heterocycles. The molecule has 0 spiro atoms. The highest BCUT2D eigenvalue weighted by Crippen LogP contribution is 2.05. The lowest BCUT2D eigenvalue weighted by Crippen LogP contribution is -2.41. The zero-order valence-electron chi connectivity index (χ0n) is 12.4. The fourth-order valence-electron chi connectivity index (χ4n) is 1.91. The Bertz CT molecular complexity index is 405. The smallest absolute Gasteiger partial charge is 0.243 e. The van der Waals surface area contributed by atoms with Crippen LogP contribution in [0.5, 0.6) is 0 Å². The second-order valence-corrected chi connectivity index (χ2v) is 7.08. The van der Waals surface area contributed by atoms with E-state index in [1.165, 1.54) is 6.08 Å². The van der Waals surface area contributed by atoms with E-state index >= 15 is 0 Å². The van der Waals surface area contributed by atoms with Crippen molar-refractivity contribution in [2.45, 2.75) is 25.7 Å². The molecular formula is C13H26N2O4S. The molecule has 0 fully saturated rings. The second-order valence-electron chi connectivity index (χ2n) is 5.55. The number of hydrogen-bond donors (Lipinski definition) is 1. The summed E-state index contributed by atoms with van der Waals surface area (Å²) in [6.45, 7) is 5.62. The molecule has 0 aliphatic rings. The van der Waals surface area contributed by atoms with Crippen LogP contribution < -0.4 is 5.32 Å². The predicted octanol–water partition coefficient (Wildman–Crippen LogP) is 0.471. The quantitative estimate of drug-likeness (QED) is 0.260. The fraction of sp³-hybridized carbons (Fsp3) is 0.769. The molecule has 0 heterocycles. The number of unbranched alkanes of at least 4 members (excludes halogenated alkanes) is 2. The monoisotopic (exact) mass is 306 g/mol. The topological polar surface area (TPSA) is 86.3 Å². The number of nitrogens with one attached hydrogen (secondary N) is 1. The minimum atomic E-state index is -4.10. The molecule has 0 bridgehead atoms. The van der Waals surface area contributed by atoms with Crippen LogP contribution in [0.3, 0.4) is 0 Å². The molecule has 1 N–H and O–H groups in total. The van der Waals surface area contributed by atoms with Crippen molar-refractivity contribution < 1.29 is 22.2 Å². The second kappa shape index (κ2) is 9.10. The minimum absolute atomic E-state index is 0.153. The van der Waals surface area contributed by atoms with E-state index in [1.54, 1.807) is 0 Å². The minimum Gasteiger partial charge on any atom is -0.748 e. The van der Waals surface area contributed by atoms with Gasteiger partial charge >= 0.3 is 0 Å². The summed E-state index contributed by atoms with van der Waals surface area (Å²) in [4.78, 5) is 10.9. The molecule has 0 aromatic rings. The van der Waals surface area contributed by atoms with Crippen molar-refractivity contribution in [1.82, 2.24) is 5.32 Å². The van der Waals surface area contributed by atoms with Crippen LogP contribution in [0, 0.1) is 0 Å². The van der Waals surface area contributed by atoms with Crippen LogP contribution >= 0.6 is 0 Å². The Kier molecular flexibility index (Phi) is 8.68. The summed E-state index contributed by atoms with van der Waals surface area (Å²) in [5, 5.41) is 2.72. The highest BCUT2D eigenvalue weighted by molar-refractivity contribution is 7.85. The Morgan fingerprint density at radius 1 is 1.20 bits per heavy atom. The van der Waals surface area contributed by atoms with E-state index in [9.17, 15) is 17.8 Å². The number of hydrogen-bond acceptors (Lipinski definition) is 4. The van der Waals surface area contributed by atoms with E-state index in [0.717, 1.165) is 25.8 Å². The van der Waals surface area contributed by atoms with Gasteiger partial charge in [-0.25, -0.2) is 8.42 Å². The summed E-state index contributed by atoms with van der Waals surface area (Å²) in [6.07, 6.45) is 4.56. The normalized spacial score (nSPS) is 12.2. The maximum absolute atomic E-state index is 10.9. The summed E-state index contributed by atoms with van der Waals surface area (Å²) in [5.74, 6) is -0.442. The van der Waals surface area contributed by atoms with E-state index in [-0.39, 0.29) is 11.7 Å². The van der Waals surface area contributed by atoms with Crippen molar-refractivity contribution in [3.8, 4) is 0 Å². The summed E-state index contributed by atoms with van der Waals surface area (Å²) in [5.41, 5.74) is 0. The third-order valence-electron chi connectivity index (χ3n) is 3.08. The van der Waals surface area contributed by atoms with E-state index in [1.807, 2.05) is 14.1 Å². The average Bonchev–Trinajstić information content (AvgIpc) is 2.31. The molecule has 0 aromatic carbocycles. The van der Waals surface area contributed by atoms with Crippen LogP contribution in [-0.2, 0) is 14.9 Å². The Balaban J connectivity index is 3.66. The Hall–Kier alpha value is -0.920. The molecule has 0 saturated heterocycles. The summed E-state index contributed by atoms with van der Waals surface area (Å²) >= 11 is 0. The van der Waals surface area contributed by atoms with Gasteiger partial charge in [0, 0.05) is 18.7 Å². The van der Waals surface area contributed by atoms with Crippen molar-refractivity contribution in [3.63, 3.8) is 0 Å². The lowest BCUT2D eigenvalue weighted by atomic mass is 10.2. The number of carbonyl (C=O) groups excluding carboxylic acids is 1. The van der Waals surface area contributed by atoms with Gasteiger partial charge in [0.1, 0.15) is 0 Å². The molecule has 0 unspecified atom stereocenters. The fourth-order valence-corrected chi connectivity index (χ4v) is 2.39. The van der Waals surface area contributed by atoms with Gasteiger partial charge < -0.3 is 14.4 Å². The van der Waals surface area contributed by atoms with Crippen LogP contribution in [-0.4, -0.2) is 62.8 Å². The molecule has 0 aliphatic carbocycles. The largest absolute Gasteiger partial charge is 0.748 e. The third kappa shape index (κ3) is 12.1. The van der Waals surface area contributed by atoms with Gasteiger partial charge in [-0.1, -0.05) is 6.58 Å². The SMILES string of the molecule is C=CC(=O)NCCCCC[N+](C)(C)CCCS(=O)(=O)[O-]. The molecule has 118 valence electrons. The van der Waals surface area contributed by atoms with Crippen LogP contribution in [0.4, 0.5) is 0 Å². The lowest BCUT2D eigenvalue weighted by molar-refractivity contribution is -0.890. The molecule has 0 saturated carbocycles. The van der Waals surface area contributed by atoms with Crippen LogP contribution in [0.1, 0.15) is 25.7 Å². The first-order valence-corrected chi connectivity index (χ1v) is 8.40. The summed E-state index contributed by atoms with van der Waals surface area (Å²) < 4.78 is 32.3. The lowest BCUT2D eigenvalue weighted by Gasteiger charge is -2.30. The van der Waals surface area contributed by atoms with E-state index in [4.69, 9.17) is 0 Å². The molecule has 0 radical (unpaired) electrons. The van der Waals surface area contributed by atoms with Crippen LogP contribution in [0.15, 0.2) is 12.7 Å². The number of amides is 1. The number of quaternary nitrogens is 1. The molecule has 1 amide bonds. The van der Waals surface area contributed by atoms with Crippen molar-refractivity contribution in [2.75, 3.05) is 39.5 Å². The van der Waals surface area contributed by atoms with Crippen LogP contribution in [0.25, 0.3) is 0 Å². The van der Waals surface area contributed by atoms with Gasteiger partial charge in [-0.2, -0.15) is 0 Å². The van der Waals surface area contributed by atoms with Gasteiger partial charge in [-0.15, -0.1) is 0 Å². The van der Waals surface area contributed by atoms with Gasteiger partial charge in [0.25, 0.3) is 0 Å². The first-order valence-electron chi connectivity index (χ1n) is 6.82. The van der Waals surface area contributed by atoms with Gasteiger partial charge in [-0.05, 0) is 25.3 Å². The standard InChI is InChI=1S/C13H26N2O4S/c1-4-13(16)14-9-6-5-7-10-15(2,3)11-8-12-20(17,18)19/h4H,1,5-12H2,2-3H3,(H-,14,16,17,18,19). The molecule has 0 rings (SSSR count). The summed E-state index contributed by atoms with van der Waals surface area (Å²) in [6, 6.07) is 0. The number of nitrogens with zero attached hydrogens (tertiary/aromatic N) is 1. The Labute approximate surface area is 122 Å². The molecule has 0 aliphatic heterocycles. The summed E-state index contributed by atoms with van der Waals surface area (Å²) in [7, 11) is -0.0486. The zero-order chi connectivity index (χ0) is 15.6. The van der Waals surface area contributed by atoms with E-state index in [2.05, 4.69) is 11.9 Å². The zero-order valence-corrected chi connectivity index (χ0v) is 13.2. The van der Waals surface area contributed by atoms with Gasteiger partial charge in [0.05, 0.1) is 37.3 Å². The van der Waals surface area contributed by atoms with Crippen molar-refractivity contribution in [3.05, 3.63) is 12.7 Å². The molecule has 0 atom stereocenters. The van der Waals surface area contributed by atoms with E-state index in [0.29, 0.717) is 24.0 Å². The molecule has 6 nitrogen and oxygen atoms in total. The highest BCUT2D eigenvalue weighted by atomic mass is 32.2. The Morgan fingerprint density at radius 3 is 2.35 bits per heavy atom. The van der Waals surface area contributed by atoms with E-state index < -0.39 is 10.1 Å². The van der Waals surface area contributed by atoms with Crippen molar-refractivity contribution in [1.29, 1.82) is 0 Å². The number of carbonyl (C=O) groups is 1.